The van der Waals surface area contributed by atoms with Crippen LogP contribution >= 0.6 is 0 Å². The predicted molar refractivity (Wildman–Crippen MR) is 94.0 cm³/mol. The number of nitrogens with one attached hydrogen (secondary N) is 1. The van der Waals surface area contributed by atoms with Gasteiger partial charge in [-0.1, -0.05) is 42.5 Å². The highest BCUT2D eigenvalue weighted by Gasteiger charge is 2.21. The van der Waals surface area contributed by atoms with Gasteiger partial charge in [0.05, 0.1) is 17.3 Å². The first-order valence-corrected chi connectivity index (χ1v) is 7.91. The number of pyridine rings is 1. The van der Waals surface area contributed by atoms with E-state index in [1.54, 1.807) is 24.7 Å². The summed E-state index contributed by atoms with van der Waals surface area (Å²) in [4.78, 5) is 16.9. The molecule has 5 nitrogen and oxygen atoms in total. The molecule has 5 heteroatoms. The lowest BCUT2D eigenvalue weighted by Gasteiger charge is -2.19. The van der Waals surface area contributed by atoms with Crippen molar-refractivity contribution in [2.24, 2.45) is 0 Å². The second-order valence-corrected chi connectivity index (χ2v) is 5.62. The Bertz CT molecular complexity index is 958. The highest BCUT2D eigenvalue weighted by atomic mass is 16.5. The number of hydrogen-bond donors (Lipinski definition) is 1. The number of ether oxygens (including phenoxy) is 1. The fourth-order valence-corrected chi connectivity index (χ4v) is 2.80. The van der Waals surface area contributed by atoms with Crippen LogP contribution in [0.1, 0.15) is 27.6 Å². The van der Waals surface area contributed by atoms with Gasteiger partial charge in [0.25, 0.3) is 0 Å². The Hall–Kier alpha value is -3.47. The molecular weight excluding hydrogens is 314 g/mol. The van der Waals surface area contributed by atoms with Crippen LogP contribution in [0.5, 0.6) is 0 Å². The quantitative estimate of drug-likeness (QED) is 0.577. The predicted octanol–water partition coefficient (Wildman–Crippen LogP) is 3.90. The molecule has 25 heavy (non-hydrogen) atoms. The van der Waals surface area contributed by atoms with Crippen molar-refractivity contribution in [2.75, 3.05) is 0 Å². The monoisotopic (exact) mass is 329 g/mol. The van der Waals surface area contributed by atoms with E-state index in [2.05, 4.69) is 15.2 Å². The van der Waals surface area contributed by atoms with Gasteiger partial charge in [0.2, 0.25) is 0 Å². The second-order valence-electron chi connectivity index (χ2n) is 5.62. The van der Waals surface area contributed by atoms with Gasteiger partial charge in [0, 0.05) is 23.3 Å². The molecule has 122 valence electrons. The molecule has 0 aliphatic heterocycles. The number of benzene rings is 2. The lowest BCUT2D eigenvalue weighted by Crippen LogP contribution is -2.13. The number of aromatic amines is 1. The van der Waals surface area contributed by atoms with E-state index < -0.39 is 12.1 Å². The van der Waals surface area contributed by atoms with E-state index in [1.807, 2.05) is 54.6 Å². The summed E-state index contributed by atoms with van der Waals surface area (Å²) in [5.74, 6) is -0.402. The number of esters is 1. The van der Waals surface area contributed by atoms with Gasteiger partial charge >= 0.3 is 5.97 Å². The summed E-state index contributed by atoms with van der Waals surface area (Å²) in [7, 11) is 0. The molecule has 2 heterocycles. The minimum Gasteiger partial charge on any atom is -0.449 e. The van der Waals surface area contributed by atoms with Crippen LogP contribution in [-0.4, -0.2) is 21.2 Å². The molecule has 4 rings (SSSR count). The molecule has 1 atom stereocenters. The van der Waals surface area contributed by atoms with Crippen LogP contribution in [0.3, 0.4) is 0 Å². The van der Waals surface area contributed by atoms with Crippen molar-refractivity contribution in [1.82, 2.24) is 15.2 Å². The highest BCUT2D eigenvalue weighted by Crippen LogP contribution is 2.27. The normalized spacial score (nSPS) is 12.0. The second kappa shape index (κ2) is 6.57. The van der Waals surface area contributed by atoms with Gasteiger partial charge < -0.3 is 4.74 Å². The molecule has 0 saturated carbocycles. The van der Waals surface area contributed by atoms with Crippen LogP contribution in [0.25, 0.3) is 10.9 Å². The number of H-pyrrole nitrogens is 1. The van der Waals surface area contributed by atoms with Gasteiger partial charge in [-0.3, -0.25) is 10.1 Å². The molecule has 4 aromatic rings. The number of carbonyl (C=O) groups is 1. The van der Waals surface area contributed by atoms with Crippen molar-refractivity contribution in [1.29, 1.82) is 0 Å². The first kappa shape index (κ1) is 15.1. The average molecular weight is 329 g/mol. The van der Waals surface area contributed by atoms with E-state index in [4.69, 9.17) is 4.74 Å². The van der Waals surface area contributed by atoms with Gasteiger partial charge in [-0.15, -0.1) is 0 Å². The Morgan fingerprint density at radius 1 is 0.920 bits per heavy atom. The molecule has 0 amide bonds. The van der Waals surface area contributed by atoms with E-state index in [0.29, 0.717) is 11.1 Å². The third kappa shape index (κ3) is 2.99. The molecule has 0 spiro atoms. The van der Waals surface area contributed by atoms with Crippen molar-refractivity contribution in [3.8, 4) is 0 Å². The summed E-state index contributed by atoms with van der Waals surface area (Å²) in [6.45, 7) is 0. The minimum atomic E-state index is -0.505. The maximum atomic E-state index is 12.8. The average Bonchev–Trinajstić information content (AvgIpc) is 3.16. The largest absolute Gasteiger partial charge is 0.449 e. The highest BCUT2D eigenvalue weighted by molar-refractivity contribution is 6.02. The first-order valence-electron chi connectivity index (χ1n) is 7.91. The smallest absolute Gasteiger partial charge is 0.341 e. The molecule has 1 unspecified atom stereocenters. The lowest BCUT2D eigenvalue weighted by atomic mass is 10.0. The van der Waals surface area contributed by atoms with Crippen LogP contribution in [-0.2, 0) is 4.74 Å². The first-order chi connectivity index (χ1) is 12.3. The van der Waals surface area contributed by atoms with Crippen LogP contribution in [0.15, 0.2) is 79.3 Å². The zero-order valence-electron chi connectivity index (χ0n) is 13.3. The number of nitrogens with zero attached hydrogens (tertiary/aromatic N) is 2. The Kier molecular flexibility index (Phi) is 3.96. The molecular formula is C20H15N3O2. The van der Waals surface area contributed by atoms with Crippen molar-refractivity contribution < 1.29 is 9.53 Å². The van der Waals surface area contributed by atoms with Crippen LogP contribution < -0.4 is 0 Å². The standard InChI is InChI=1S/C20H15N3O2/c24-20(17-8-4-7-16-13-22-23-18(16)17)25-19(14-5-2-1-3-6-14)15-9-11-21-12-10-15/h1-13,19H,(H,22,23). The fourth-order valence-electron chi connectivity index (χ4n) is 2.80. The Morgan fingerprint density at radius 2 is 1.68 bits per heavy atom. The molecule has 0 fully saturated rings. The number of aromatic nitrogens is 3. The van der Waals surface area contributed by atoms with Crippen molar-refractivity contribution in [3.63, 3.8) is 0 Å². The van der Waals surface area contributed by atoms with Gasteiger partial charge in [-0.05, 0) is 23.8 Å². The summed E-state index contributed by atoms with van der Waals surface area (Å²) in [5.41, 5.74) is 2.91. The molecule has 1 N–H and O–H groups in total. The molecule has 0 aliphatic rings. The Morgan fingerprint density at radius 3 is 2.48 bits per heavy atom. The zero-order valence-corrected chi connectivity index (χ0v) is 13.3. The molecule has 2 aromatic carbocycles. The summed E-state index contributed by atoms with van der Waals surface area (Å²) in [5, 5.41) is 7.73. The molecule has 0 bridgehead atoms. The van der Waals surface area contributed by atoms with E-state index in [9.17, 15) is 4.79 Å². The van der Waals surface area contributed by atoms with E-state index >= 15 is 0 Å². The van der Waals surface area contributed by atoms with Crippen molar-refractivity contribution >= 4 is 16.9 Å². The number of fused-ring (bicyclic) bond motifs is 1. The summed E-state index contributed by atoms with van der Waals surface area (Å²) in [6.07, 6.45) is 4.56. The third-order valence-electron chi connectivity index (χ3n) is 4.03. The SMILES string of the molecule is O=C(OC(c1ccccc1)c1ccncc1)c1cccc2cn[nH]c12. The van der Waals surface area contributed by atoms with Crippen LogP contribution in [0.2, 0.25) is 0 Å². The van der Waals surface area contributed by atoms with Crippen LogP contribution in [0.4, 0.5) is 0 Å². The fraction of sp³-hybridized carbons (Fsp3) is 0.0500. The number of carbonyl (C=O) groups excluding carboxylic acids is 1. The molecule has 0 saturated heterocycles. The van der Waals surface area contributed by atoms with Gasteiger partial charge in [-0.25, -0.2) is 4.79 Å². The van der Waals surface area contributed by atoms with Crippen molar-refractivity contribution in [3.05, 3.63) is 95.9 Å². The Labute approximate surface area is 144 Å². The minimum absolute atomic E-state index is 0.402. The van der Waals surface area contributed by atoms with E-state index in [1.165, 1.54) is 0 Å². The lowest BCUT2D eigenvalue weighted by molar-refractivity contribution is 0.0380. The zero-order chi connectivity index (χ0) is 17.1. The third-order valence-corrected chi connectivity index (χ3v) is 4.03. The maximum absolute atomic E-state index is 12.8. The molecule has 0 radical (unpaired) electrons. The van der Waals surface area contributed by atoms with Gasteiger partial charge in [0.1, 0.15) is 0 Å². The van der Waals surface area contributed by atoms with E-state index in [0.717, 1.165) is 16.5 Å². The van der Waals surface area contributed by atoms with Gasteiger partial charge in [0.15, 0.2) is 6.10 Å². The summed E-state index contributed by atoms with van der Waals surface area (Å²) < 4.78 is 5.87. The van der Waals surface area contributed by atoms with Gasteiger partial charge in [-0.2, -0.15) is 5.10 Å². The summed E-state index contributed by atoms with van der Waals surface area (Å²) >= 11 is 0. The number of para-hydroxylation sites is 1. The van der Waals surface area contributed by atoms with E-state index in [-0.39, 0.29) is 0 Å². The van der Waals surface area contributed by atoms with Crippen molar-refractivity contribution in [2.45, 2.75) is 6.10 Å². The maximum Gasteiger partial charge on any atom is 0.341 e. The Balaban J connectivity index is 1.72. The molecule has 0 aliphatic carbocycles. The van der Waals surface area contributed by atoms with Crippen LogP contribution in [0, 0.1) is 0 Å². The summed E-state index contributed by atoms with van der Waals surface area (Å²) in [6, 6.07) is 18.8. The number of rotatable bonds is 4. The number of hydrogen-bond acceptors (Lipinski definition) is 4. The topological polar surface area (TPSA) is 67.9 Å². The molecule has 2 aromatic heterocycles.